The van der Waals surface area contributed by atoms with E-state index in [1.807, 2.05) is 6.07 Å². The van der Waals surface area contributed by atoms with Crippen LogP contribution in [0.4, 0.5) is 10.5 Å². The highest BCUT2D eigenvalue weighted by molar-refractivity contribution is 6.28. The van der Waals surface area contributed by atoms with Crippen molar-refractivity contribution in [1.29, 1.82) is 0 Å². The van der Waals surface area contributed by atoms with Gasteiger partial charge in [-0.3, -0.25) is 4.79 Å². The van der Waals surface area contributed by atoms with Crippen LogP contribution in [0.2, 0.25) is 0 Å². The van der Waals surface area contributed by atoms with Crippen molar-refractivity contribution in [3.05, 3.63) is 71.4 Å². The molecule has 0 saturated carbocycles. The van der Waals surface area contributed by atoms with Gasteiger partial charge in [0, 0.05) is 0 Å². The van der Waals surface area contributed by atoms with Crippen LogP contribution >= 0.6 is 0 Å². The van der Waals surface area contributed by atoms with Crippen LogP contribution in [0.5, 0.6) is 0 Å². The molecule has 3 amide bonds. The third-order valence-corrected chi connectivity index (χ3v) is 3.54. The summed E-state index contributed by atoms with van der Waals surface area (Å²) in [5.74, 6) is -0.863. The summed E-state index contributed by atoms with van der Waals surface area (Å²) in [6.45, 7) is 0. The van der Waals surface area contributed by atoms with Gasteiger partial charge in [0.1, 0.15) is 5.70 Å². The molecular weight excluding hydrogens is 308 g/mol. The summed E-state index contributed by atoms with van der Waals surface area (Å²) in [7, 11) is 1.31. The fraction of sp³-hybridized carbons (Fsp3) is 0.0556. The van der Waals surface area contributed by atoms with Crippen LogP contribution in [-0.2, 0) is 9.53 Å². The number of carbonyl (C=O) groups is 3. The lowest BCUT2D eigenvalue weighted by Crippen LogP contribution is -2.30. The van der Waals surface area contributed by atoms with Gasteiger partial charge < -0.3 is 10.1 Å². The molecular formula is C18H14N2O4. The molecule has 6 nitrogen and oxygen atoms in total. The summed E-state index contributed by atoms with van der Waals surface area (Å²) in [5.41, 5.74) is 1.77. The van der Waals surface area contributed by atoms with E-state index in [1.54, 1.807) is 54.6 Å². The van der Waals surface area contributed by atoms with Crippen LogP contribution < -0.4 is 10.2 Å². The van der Waals surface area contributed by atoms with Gasteiger partial charge >= 0.3 is 12.0 Å². The SMILES string of the molecule is COC(=O)c1ccc(C=C2NC(=O)N(c3ccccc3)C2=O)cc1. The van der Waals surface area contributed by atoms with E-state index in [0.717, 1.165) is 4.90 Å². The molecule has 1 fully saturated rings. The van der Waals surface area contributed by atoms with Gasteiger partial charge in [0.05, 0.1) is 18.4 Å². The normalized spacial score (nSPS) is 15.5. The van der Waals surface area contributed by atoms with Crippen molar-refractivity contribution in [3.63, 3.8) is 0 Å². The average molecular weight is 322 g/mol. The number of ether oxygens (including phenoxy) is 1. The highest BCUT2D eigenvalue weighted by atomic mass is 16.5. The summed E-state index contributed by atoms with van der Waals surface area (Å²) in [6.07, 6.45) is 1.56. The average Bonchev–Trinajstić information content (AvgIpc) is 2.89. The second kappa shape index (κ2) is 6.37. The van der Waals surface area contributed by atoms with E-state index in [0.29, 0.717) is 16.8 Å². The molecule has 0 aliphatic carbocycles. The van der Waals surface area contributed by atoms with E-state index in [-0.39, 0.29) is 5.70 Å². The largest absolute Gasteiger partial charge is 0.465 e. The number of urea groups is 1. The zero-order chi connectivity index (χ0) is 17.1. The first-order valence-corrected chi connectivity index (χ1v) is 7.20. The first-order chi connectivity index (χ1) is 11.6. The third kappa shape index (κ3) is 2.89. The summed E-state index contributed by atoms with van der Waals surface area (Å²) in [5, 5.41) is 2.56. The van der Waals surface area contributed by atoms with Crippen molar-refractivity contribution >= 4 is 29.7 Å². The molecule has 0 bridgehead atoms. The first-order valence-electron chi connectivity index (χ1n) is 7.20. The molecule has 6 heteroatoms. The lowest BCUT2D eigenvalue weighted by Gasteiger charge is -2.10. The highest BCUT2D eigenvalue weighted by Crippen LogP contribution is 2.21. The highest BCUT2D eigenvalue weighted by Gasteiger charge is 2.34. The van der Waals surface area contributed by atoms with Crippen molar-refractivity contribution < 1.29 is 19.1 Å². The van der Waals surface area contributed by atoms with Crippen LogP contribution in [0, 0.1) is 0 Å². The summed E-state index contributed by atoms with van der Waals surface area (Å²) in [4.78, 5) is 37.0. The molecule has 1 heterocycles. The number of methoxy groups -OCH3 is 1. The molecule has 2 aromatic rings. The van der Waals surface area contributed by atoms with Crippen LogP contribution in [-0.4, -0.2) is 25.0 Å². The third-order valence-electron chi connectivity index (χ3n) is 3.54. The number of para-hydroxylation sites is 1. The number of amides is 3. The molecule has 0 unspecified atom stereocenters. The Kier molecular flexibility index (Phi) is 4.11. The maximum atomic E-state index is 12.4. The second-order valence-electron chi connectivity index (χ2n) is 5.08. The maximum absolute atomic E-state index is 12.4. The first kappa shape index (κ1) is 15.5. The molecule has 1 aliphatic rings. The number of imide groups is 1. The van der Waals surface area contributed by atoms with Crippen molar-refractivity contribution in [2.24, 2.45) is 0 Å². The molecule has 1 saturated heterocycles. The summed E-state index contributed by atoms with van der Waals surface area (Å²) >= 11 is 0. The lowest BCUT2D eigenvalue weighted by atomic mass is 10.1. The van der Waals surface area contributed by atoms with Crippen molar-refractivity contribution in [2.45, 2.75) is 0 Å². The fourth-order valence-electron chi connectivity index (χ4n) is 2.35. The van der Waals surface area contributed by atoms with Crippen molar-refractivity contribution in [2.75, 3.05) is 12.0 Å². The number of hydrogen-bond acceptors (Lipinski definition) is 4. The Hall–Kier alpha value is -3.41. The molecule has 3 rings (SSSR count). The Morgan fingerprint density at radius 1 is 1.04 bits per heavy atom. The second-order valence-corrected chi connectivity index (χ2v) is 5.08. The van der Waals surface area contributed by atoms with Gasteiger partial charge in [0.2, 0.25) is 0 Å². The predicted octanol–water partition coefficient (Wildman–Crippen LogP) is 2.57. The standard InChI is InChI=1S/C18H14N2O4/c1-24-17(22)13-9-7-12(8-10-13)11-15-16(21)20(18(23)19-15)14-5-3-2-4-6-14/h2-11H,1H3,(H,19,23). The quantitative estimate of drug-likeness (QED) is 0.535. The Labute approximate surface area is 138 Å². The predicted molar refractivity (Wildman–Crippen MR) is 88.2 cm³/mol. The molecule has 0 aromatic heterocycles. The number of nitrogens with one attached hydrogen (secondary N) is 1. The zero-order valence-corrected chi connectivity index (χ0v) is 12.9. The van der Waals surface area contributed by atoms with Crippen molar-refractivity contribution in [3.8, 4) is 0 Å². The Balaban J connectivity index is 1.85. The van der Waals surface area contributed by atoms with Gasteiger partial charge in [-0.05, 0) is 35.9 Å². The molecule has 0 radical (unpaired) electrons. The van der Waals surface area contributed by atoms with Gasteiger partial charge in [0.25, 0.3) is 5.91 Å². The van der Waals surface area contributed by atoms with Gasteiger partial charge in [-0.1, -0.05) is 30.3 Å². The Morgan fingerprint density at radius 2 is 1.71 bits per heavy atom. The number of hydrogen-bond donors (Lipinski definition) is 1. The minimum atomic E-state index is -0.497. The minimum Gasteiger partial charge on any atom is -0.465 e. The van der Waals surface area contributed by atoms with E-state index in [4.69, 9.17) is 0 Å². The van der Waals surface area contributed by atoms with E-state index in [9.17, 15) is 14.4 Å². The van der Waals surface area contributed by atoms with Gasteiger partial charge in [-0.2, -0.15) is 0 Å². The monoisotopic (exact) mass is 322 g/mol. The number of rotatable bonds is 3. The maximum Gasteiger partial charge on any atom is 0.337 e. The molecule has 1 aliphatic heterocycles. The molecule has 24 heavy (non-hydrogen) atoms. The van der Waals surface area contributed by atoms with E-state index < -0.39 is 17.9 Å². The number of nitrogens with zero attached hydrogens (tertiary/aromatic N) is 1. The Morgan fingerprint density at radius 3 is 2.33 bits per heavy atom. The fourth-order valence-corrected chi connectivity index (χ4v) is 2.35. The number of esters is 1. The van der Waals surface area contributed by atoms with Crippen LogP contribution in [0.1, 0.15) is 15.9 Å². The van der Waals surface area contributed by atoms with E-state index in [2.05, 4.69) is 10.1 Å². The van der Waals surface area contributed by atoms with E-state index >= 15 is 0 Å². The molecule has 2 aromatic carbocycles. The van der Waals surface area contributed by atoms with Gasteiger partial charge in [-0.25, -0.2) is 14.5 Å². The molecule has 0 spiro atoms. The summed E-state index contributed by atoms with van der Waals surface area (Å²) < 4.78 is 4.63. The number of anilines is 1. The van der Waals surface area contributed by atoms with Gasteiger partial charge in [0.15, 0.2) is 0 Å². The van der Waals surface area contributed by atoms with Crippen molar-refractivity contribution in [1.82, 2.24) is 5.32 Å². The Bertz CT molecular complexity index is 826. The number of benzene rings is 2. The minimum absolute atomic E-state index is 0.176. The summed E-state index contributed by atoms with van der Waals surface area (Å²) in [6, 6.07) is 14.7. The number of carbonyl (C=O) groups excluding carboxylic acids is 3. The van der Waals surface area contributed by atoms with Crippen LogP contribution in [0.15, 0.2) is 60.3 Å². The zero-order valence-electron chi connectivity index (χ0n) is 12.9. The lowest BCUT2D eigenvalue weighted by molar-refractivity contribution is -0.113. The van der Waals surface area contributed by atoms with Crippen LogP contribution in [0.3, 0.4) is 0 Å². The van der Waals surface area contributed by atoms with Gasteiger partial charge in [-0.15, -0.1) is 0 Å². The molecule has 120 valence electrons. The van der Waals surface area contributed by atoms with E-state index in [1.165, 1.54) is 7.11 Å². The molecule has 0 atom stereocenters. The smallest absolute Gasteiger partial charge is 0.337 e. The topological polar surface area (TPSA) is 75.7 Å². The van der Waals surface area contributed by atoms with Crippen LogP contribution in [0.25, 0.3) is 6.08 Å². The molecule has 1 N–H and O–H groups in total.